The molecule has 0 aliphatic rings. The van der Waals surface area contributed by atoms with Gasteiger partial charge < -0.3 is 9.47 Å². The fourth-order valence-corrected chi connectivity index (χ4v) is 5.39. The van der Waals surface area contributed by atoms with E-state index in [0.717, 1.165) is 59.7 Å². The van der Waals surface area contributed by atoms with Gasteiger partial charge >= 0.3 is 0 Å². The van der Waals surface area contributed by atoms with Crippen molar-refractivity contribution in [3.05, 3.63) is 96.3 Å². The van der Waals surface area contributed by atoms with Gasteiger partial charge in [0.15, 0.2) is 5.82 Å². The monoisotopic (exact) mass is 603 g/mol. The number of aryl methyl sites for hydroxylation is 1. The SMILES string of the molecule is CCCCCCCCCCCCc1cnc(-c2ccc(OCCCCCOc3ccc(-c4ccc(C#N)cc4)cc3)cc2)nc1. The molecular weight excluding hydrogens is 554 g/mol. The number of rotatable bonds is 21. The van der Waals surface area contributed by atoms with Crippen molar-refractivity contribution in [3.63, 3.8) is 0 Å². The van der Waals surface area contributed by atoms with Crippen LogP contribution in [0.1, 0.15) is 102 Å². The average Bonchev–Trinajstić information content (AvgIpc) is 3.09. The van der Waals surface area contributed by atoms with Gasteiger partial charge in [-0.05, 0) is 97.3 Å². The molecule has 0 atom stereocenters. The number of unbranched alkanes of at least 4 members (excludes halogenated alkanes) is 11. The molecule has 0 radical (unpaired) electrons. The highest BCUT2D eigenvalue weighted by atomic mass is 16.5. The molecule has 1 heterocycles. The van der Waals surface area contributed by atoms with Crippen molar-refractivity contribution in [2.45, 2.75) is 96.8 Å². The first-order valence-electron chi connectivity index (χ1n) is 17.0. The van der Waals surface area contributed by atoms with E-state index in [1.54, 1.807) is 0 Å². The Morgan fingerprint density at radius 2 is 0.978 bits per heavy atom. The molecule has 0 spiro atoms. The van der Waals surface area contributed by atoms with Crippen LogP contribution in [0.2, 0.25) is 0 Å². The first-order chi connectivity index (χ1) is 22.2. The maximum absolute atomic E-state index is 8.96. The van der Waals surface area contributed by atoms with E-state index in [4.69, 9.17) is 14.7 Å². The Balaban J connectivity index is 1.04. The summed E-state index contributed by atoms with van der Waals surface area (Å²) in [6.07, 6.45) is 21.6. The Bertz CT molecular complexity index is 1390. The highest BCUT2D eigenvalue weighted by Crippen LogP contribution is 2.23. The van der Waals surface area contributed by atoms with Crippen molar-refractivity contribution in [3.8, 4) is 40.1 Å². The molecule has 0 fully saturated rings. The van der Waals surface area contributed by atoms with E-state index in [9.17, 15) is 0 Å². The van der Waals surface area contributed by atoms with Crippen molar-refractivity contribution in [2.75, 3.05) is 13.2 Å². The van der Waals surface area contributed by atoms with Gasteiger partial charge in [-0.25, -0.2) is 9.97 Å². The summed E-state index contributed by atoms with van der Waals surface area (Å²) in [7, 11) is 0. The lowest BCUT2D eigenvalue weighted by Crippen LogP contribution is -2.01. The molecule has 0 bridgehead atoms. The number of nitrogens with zero attached hydrogens (tertiary/aromatic N) is 3. The highest BCUT2D eigenvalue weighted by Gasteiger charge is 2.04. The summed E-state index contributed by atoms with van der Waals surface area (Å²) in [6.45, 7) is 3.64. The Kier molecular flexibility index (Phi) is 15.0. The van der Waals surface area contributed by atoms with E-state index < -0.39 is 0 Å². The molecule has 236 valence electrons. The normalized spacial score (nSPS) is 10.8. The van der Waals surface area contributed by atoms with Gasteiger partial charge in [0.05, 0.1) is 24.8 Å². The summed E-state index contributed by atoms with van der Waals surface area (Å²) in [5.41, 5.74) is 5.10. The minimum Gasteiger partial charge on any atom is -0.494 e. The quantitative estimate of drug-likeness (QED) is 0.0886. The van der Waals surface area contributed by atoms with Crippen LogP contribution in [0.5, 0.6) is 11.5 Å². The molecule has 0 unspecified atom stereocenters. The van der Waals surface area contributed by atoms with Crippen molar-refractivity contribution in [1.82, 2.24) is 9.97 Å². The summed E-state index contributed by atoms with van der Waals surface area (Å²) in [5.74, 6) is 2.50. The zero-order valence-electron chi connectivity index (χ0n) is 27.1. The lowest BCUT2D eigenvalue weighted by atomic mass is 10.0. The third-order valence-corrected chi connectivity index (χ3v) is 8.16. The van der Waals surface area contributed by atoms with Crippen LogP contribution < -0.4 is 9.47 Å². The molecule has 1 aromatic heterocycles. The third-order valence-electron chi connectivity index (χ3n) is 8.16. The van der Waals surface area contributed by atoms with E-state index in [1.165, 1.54) is 69.8 Å². The van der Waals surface area contributed by atoms with Crippen LogP contribution in [0, 0.1) is 11.3 Å². The van der Waals surface area contributed by atoms with Crippen LogP contribution >= 0.6 is 0 Å². The number of aromatic nitrogens is 2. The number of hydrogen-bond donors (Lipinski definition) is 0. The van der Waals surface area contributed by atoms with Crippen LogP contribution in [0.3, 0.4) is 0 Å². The summed E-state index contributed by atoms with van der Waals surface area (Å²) in [6, 6.07) is 25.9. The molecule has 0 saturated heterocycles. The molecule has 0 saturated carbocycles. The minimum absolute atomic E-state index is 0.669. The second kappa shape index (κ2) is 20.0. The number of hydrogen-bond acceptors (Lipinski definition) is 5. The van der Waals surface area contributed by atoms with E-state index in [0.29, 0.717) is 18.8 Å². The topological polar surface area (TPSA) is 68.0 Å². The van der Waals surface area contributed by atoms with Crippen molar-refractivity contribution in [1.29, 1.82) is 5.26 Å². The molecule has 3 aromatic carbocycles. The Morgan fingerprint density at radius 1 is 0.533 bits per heavy atom. The van der Waals surface area contributed by atoms with Crippen LogP contribution in [0.25, 0.3) is 22.5 Å². The smallest absolute Gasteiger partial charge is 0.159 e. The maximum atomic E-state index is 8.96. The Hall–Kier alpha value is -4.17. The highest BCUT2D eigenvalue weighted by molar-refractivity contribution is 5.65. The first-order valence-corrected chi connectivity index (χ1v) is 17.0. The van der Waals surface area contributed by atoms with Gasteiger partial charge in [0.25, 0.3) is 0 Å². The van der Waals surface area contributed by atoms with Crippen LogP contribution in [-0.2, 0) is 6.42 Å². The molecule has 0 N–H and O–H groups in total. The zero-order chi connectivity index (χ0) is 31.4. The molecule has 5 nitrogen and oxygen atoms in total. The van der Waals surface area contributed by atoms with Crippen molar-refractivity contribution < 1.29 is 9.47 Å². The molecule has 4 rings (SSSR count). The number of benzene rings is 3. The second-order valence-corrected chi connectivity index (χ2v) is 11.8. The molecule has 4 aromatic rings. The summed E-state index contributed by atoms with van der Waals surface area (Å²) in [5, 5.41) is 8.96. The first kappa shape index (κ1) is 33.7. The van der Waals surface area contributed by atoms with Crippen molar-refractivity contribution in [2.24, 2.45) is 0 Å². The van der Waals surface area contributed by atoms with Gasteiger partial charge in [-0.1, -0.05) is 89.0 Å². The van der Waals surface area contributed by atoms with Gasteiger partial charge in [-0.3, -0.25) is 0 Å². The van der Waals surface area contributed by atoms with Gasteiger partial charge in [0.1, 0.15) is 11.5 Å². The molecule has 0 amide bonds. The van der Waals surface area contributed by atoms with E-state index in [1.807, 2.05) is 73.1 Å². The number of ether oxygens (including phenoxy) is 2. The predicted octanol–water partition coefficient (Wildman–Crippen LogP) is 10.8. The molecular formula is C40H49N3O2. The van der Waals surface area contributed by atoms with Gasteiger partial charge in [0, 0.05) is 18.0 Å². The van der Waals surface area contributed by atoms with Gasteiger partial charge in [-0.2, -0.15) is 5.26 Å². The van der Waals surface area contributed by atoms with Crippen LogP contribution in [0.15, 0.2) is 85.2 Å². The van der Waals surface area contributed by atoms with Crippen molar-refractivity contribution >= 4 is 0 Å². The molecule has 45 heavy (non-hydrogen) atoms. The Labute approximate surface area is 270 Å². The standard InChI is InChI=1S/C40H49N3O2/c1-2-3-4-5-6-7-8-9-10-12-15-34-31-42-40(43-32-34)37-22-26-39(27-23-37)45-29-14-11-13-28-44-38-24-20-36(21-25-38)35-18-16-33(30-41)17-19-35/h16-27,31-32H,2-15,28-29H2,1H3. The lowest BCUT2D eigenvalue weighted by molar-refractivity contribution is 0.279. The molecule has 0 aliphatic carbocycles. The summed E-state index contributed by atoms with van der Waals surface area (Å²) in [4.78, 5) is 9.24. The number of nitriles is 1. The second-order valence-electron chi connectivity index (χ2n) is 11.8. The summed E-state index contributed by atoms with van der Waals surface area (Å²) >= 11 is 0. The van der Waals surface area contributed by atoms with Crippen LogP contribution in [0.4, 0.5) is 0 Å². The predicted molar refractivity (Wildman–Crippen MR) is 184 cm³/mol. The van der Waals surface area contributed by atoms with E-state index >= 15 is 0 Å². The maximum Gasteiger partial charge on any atom is 0.159 e. The minimum atomic E-state index is 0.669. The van der Waals surface area contributed by atoms with Crippen LogP contribution in [-0.4, -0.2) is 23.2 Å². The summed E-state index contributed by atoms with van der Waals surface area (Å²) < 4.78 is 11.9. The molecule has 5 heteroatoms. The fraction of sp³-hybridized carbons (Fsp3) is 0.425. The van der Waals surface area contributed by atoms with Gasteiger partial charge in [-0.15, -0.1) is 0 Å². The van der Waals surface area contributed by atoms with E-state index in [2.05, 4.69) is 35.1 Å². The fourth-order valence-electron chi connectivity index (χ4n) is 5.39. The van der Waals surface area contributed by atoms with E-state index in [-0.39, 0.29) is 0 Å². The Morgan fingerprint density at radius 3 is 1.49 bits per heavy atom. The van der Waals surface area contributed by atoms with Gasteiger partial charge in [0.2, 0.25) is 0 Å². The molecule has 0 aliphatic heterocycles. The third kappa shape index (κ3) is 12.4. The average molecular weight is 604 g/mol. The largest absolute Gasteiger partial charge is 0.494 e. The lowest BCUT2D eigenvalue weighted by Gasteiger charge is -2.09. The zero-order valence-corrected chi connectivity index (χ0v) is 27.1.